The summed E-state index contributed by atoms with van der Waals surface area (Å²) in [6.45, 7) is 5.68. The number of carbonyl (C=O) groups is 2. The molecule has 3 aromatic carbocycles. The zero-order chi connectivity index (χ0) is 30.3. The first kappa shape index (κ1) is 30.7. The molecule has 1 aliphatic rings. The number of anilines is 1. The maximum Gasteiger partial charge on any atom is 0.264 e. The topological polar surface area (TPSA) is 114 Å². The number of benzene rings is 3. The fourth-order valence-electron chi connectivity index (χ4n) is 4.45. The summed E-state index contributed by atoms with van der Waals surface area (Å²) in [4.78, 5) is 28.7. The predicted octanol–water partition coefficient (Wildman–Crippen LogP) is 3.99. The van der Waals surface area contributed by atoms with Crippen molar-refractivity contribution in [2.24, 2.45) is 0 Å². The fraction of sp³-hybridized carbons (Fsp3) is 0.355. The van der Waals surface area contributed by atoms with Crippen LogP contribution in [0.15, 0.2) is 77.7 Å². The Morgan fingerprint density at radius 1 is 0.952 bits per heavy atom. The Labute approximate surface area is 247 Å². The summed E-state index contributed by atoms with van der Waals surface area (Å²) < 4.78 is 45.6. The number of nitrogens with zero attached hydrogens (tertiary/aromatic N) is 2. The number of nitrogens with one attached hydrogen (secondary N) is 1. The van der Waals surface area contributed by atoms with Gasteiger partial charge in [0, 0.05) is 18.7 Å². The average molecular weight is 596 g/mol. The molecule has 42 heavy (non-hydrogen) atoms. The Kier molecular flexibility index (Phi) is 9.95. The van der Waals surface area contributed by atoms with E-state index in [0.29, 0.717) is 30.5 Å². The van der Waals surface area contributed by atoms with E-state index in [4.69, 9.17) is 14.2 Å². The molecule has 1 aliphatic heterocycles. The number of rotatable bonds is 12. The molecule has 2 atom stereocenters. The van der Waals surface area contributed by atoms with Crippen LogP contribution in [-0.2, 0) is 26.2 Å². The van der Waals surface area contributed by atoms with Crippen LogP contribution in [0.3, 0.4) is 0 Å². The maximum atomic E-state index is 14.1. The zero-order valence-corrected chi connectivity index (χ0v) is 25.1. The summed E-state index contributed by atoms with van der Waals surface area (Å²) in [7, 11) is -2.65. The average Bonchev–Trinajstić information content (AvgIpc) is 3.02. The molecule has 0 radical (unpaired) electrons. The van der Waals surface area contributed by atoms with Crippen molar-refractivity contribution in [1.29, 1.82) is 0 Å². The summed E-state index contributed by atoms with van der Waals surface area (Å²) >= 11 is 0. The molecular formula is C31H37N3O7S. The van der Waals surface area contributed by atoms with Crippen LogP contribution in [0.2, 0.25) is 0 Å². The minimum atomic E-state index is -4.19. The molecule has 1 N–H and O–H groups in total. The number of amides is 2. The van der Waals surface area contributed by atoms with E-state index >= 15 is 0 Å². The SMILES string of the molecule is CC[C@H](C)NC(=O)[C@@H](C)N(Cc1cccc(OC)c1)C(=O)CN(c1ccc2c(c1)OCCO2)S(=O)(=O)c1ccccc1. The fourth-order valence-corrected chi connectivity index (χ4v) is 5.88. The molecule has 0 unspecified atom stereocenters. The number of fused-ring (bicyclic) bond motifs is 1. The Hall–Kier alpha value is -4.25. The molecule has 0 fully saturated rings. The molecule has 0 saturated heterocycles. The van der Waals surface area contributed by atoms with Crippen LogP contribution >= 0.6 is 0 Å². The van der Waals surface area contributed by atoms with Gasteiger partial charge in [0.2, 0.25) is 11.8 Å². The third-order valence-corrected chi connectivity index (χ3v) is 8.87. The highest BCUT2D eigenvalue weighted by molar-refractivity contribution is 7.92. The normalized spacial score (nSPS) is 13.9. The van der Waals surface area contributed by atoms with Crippen molar-refractivity contribution in [3.05, 3.63) is 78.4 Å². The quantitative estimate of drug-likeness (QED) is 0.337. The second-order valence-electron chi connectivity index (χ2n) is 10.0. The van der Waals surface area contributed by atoms with E-state index in [1.807, 2.05) is 19.9 Å². The van der Waals surface area contributed by atoms with E-state index in [-0.39, 0.29) is 29.1 Å². The molecule has 2 amide bonds. The van der Waals surface area contributed by atoms with E-state index < -0.39 is 28.5 Å². The van der Waals surface area contributed by atoms with Crippen LogP contribution in [0, 0.1) is 0 Å². The molecule has 224 valence electrons. The predicted molar refractivity (Wildman–Crippen MR) is 159 cm³/mol. The monoisotopic (exact) mass is 595 g/mol. The summed E-state index contributed by atoms with van der Waals surface area (Å²) in [5.74, 6) is 0.579. The Bertz CT molecular complexity index is 1500. The van der Waals surface area contributed by atoms with Crippen LogP contribution in [0.5, 0.6) is 17.2 Å². The second kappa shape index (κ2) is 13.6. The van der Waals surface area contributed by atoms with Gasteiger partial charge in [-0.15, -0.1) is 0 Å². The van der Waals surface area contributed by atoms with Crippen LogP contribution in [-0.4, -0.2) is 64.1 Å². The largest absolute Gasteiger partial charge is 0.497 e. The first-order chi connectivity index (χ1) is 20.1. The molecule has 0 saturated carbocycles. The zero-order valence-electron chi connectivity index (χ0n) is 24.3. The number of methoxy groups -OCH3 is 1. The summed E-state index contributed by atoms with van der Waals surface area (Å²) in [6, 6.07) is 18.8. The van der Waals surface area contributed by atoms with Gasteiger partial charge in [0.05, 0.1) is 17.7 Å². The van der Waals surface area contributed by atoms with Gasteiger partial charge in [0.1, 0.15) is 31.5 Å². The highest BCUT2D eigenvalue weighted by atomic mass is 32.2. The number of ether oxygens (including phenoxy) is 3. The lowest BCUT2D eigenvalue weighted by Gasteiger charge is -2.32. The lowest BCUT2D eigenvalue weighted by Crippen LogP contribution is -2.52. The van der Waals surface area contributed by atoms with Crippen molar-refractivity contribution in [1.82, 2.24) is 10.2 Å². The highest BCUT2D eigenvalue weighted by Crippen LogP contribution is 2.36. The second-order valence-corrected chi connectivity index (χ2v) is 11.9. The van der Waals surface area contributed by atoms with E-state index in [9.17, 15) is 18.0 Å². The number of hydrogen-bond acceptors (Lipinski definition) is 7. The van der Waals surface area contributed by atoms with Crippen molar-refractivity contribution in [2.45, 2.75) is 50.7 Å². The van der Waals surface area contributed by atoms with Gasteiger partial charge < -0.3 is 24.4 Å². The van der Waals surface area contributed by atoms with Crippen LogP contribution in [0.4, 0.5) is 5.69 Å². The lowest BCUT2D eigenvalue weighted by molar-refractivity contribution is -0.139. The third-order valence-electron chi connectivity index (χ3n) is 7.08. The summed E-state index contributed by atoms with van der Waals surface area (Å²) in [6.07, 6.45) is 0.718. The number of hydrogen-bond donors (Lipinski definition) is 1. The molecule has 4 rings (SSSR count). The van der Waals surface area contributed by atoms with Crippen LogP contribution in [0.1, 0.15) is 32.8 Å². The standard InChI is InChI=1S/C31H37N3O7S/c1-5-22(2)32-31(36)23(3)33(20-24-10-9-11-26(18-24)39-4)30(35)21-34(42(37,38)27-12-7-6-8-13-27)25-14-15-28-29(19-25)41-17-16-40-28/h6-15,18-19,22-23H,5,16-17,20-21H2,1-4H3,(H,32,36)/t22-,23+/m0/s1. The molecular weight excluding hydrogens is 558 g/mol. The lowest BCUT2D eigenvalue weighted by atomic mass is 10.1. The summed E-state index contributed by atoms with van der Waals surface area (Å²) in [5, 5.41) is 2.93. The van der Waals surface area contributed by atoms with Crippen molar-refractivity contribution in [3.63, 3.8) is 0 Å². The van der Waals surface area contributed by atoms with Crippen LogP contribution in [0.25, 0.3) is 0 Å². The van der Waals surface area contributed by atoms with E-state index in [1.165, 1.54) is 17.0 Å². The molecule has 3 aromatic rings. The summed E-state index contributed by atoms with van der Waals surface area (Å²) in [5.41, 5.74) is 0.956. The first-order valence-electron chi connectivity index (χ1n) is 13.8. The van der Waals surface area contributed by atoms with E-state index in [2.05, 4.69) is 5.32 Å². The van der Waals surface area contributed by atoms with Gasteiger partial charge in [-0.1, -0.05) is 37.3 Å². The third kappa shape index (κ3) is 7.14. The Morgan fingerprint density at radius 2 is 1.67 bits per heavy atom. The van der Waals surface area contributed by atoms with Gasteiger partial charge in [-0.2, -0.15) is 0 Å². The minimum Gasteiger partial charge on any atom is -0.497 e. The number of carbonyl (C=O) groups excluding carboxylic acids is 2. The van der Waals surface area contributed by atoms with E-state index in [1.54, 1.807) is 68.6 Å². The number of sulfonamides is 1. The maximum absolute atomic E-state index is 14.1. The molecule has 1 heterocycles. The molecule has 0 spiro atoms. The molecule has 0 aliphatic carbocycles. The van der Waals surface area contributed by atoms with Gasteiger partial charge >= 0.3 is 0 Å². The van der Waals surface area contributed by atoms with Crippen molar-refractivity contribution >= 4 is 27.5 Å². The molecule has 0 aromatic heterocycles. The molecule has 0 bridgehead atoms. The smallest absolute Gasteiger partial charge is 0.264 e. The van der Waals surface area contributed by atoms with Crippen molar-refractivity contribution in [2.75, 3.05) is 31.2 Å². The van der Waals surface area contributed by atoms with Crippen LogP contribution < -0.4 is 23.8 Å². The van der Waals surface area contributed by atoms with Gasteiger partial charge in [-0.25, -0.2) is 8.42 Å². The van der Waals surface area contributed by atoms with Gasteiger partial charge in [-0.05, 0) is 62.2 Å². The first-order valence-corrected chi connectivity index (χ1v) is 15.3. The van der Waals surface area contributed by atoms with Gasteiger partial charge in [0.15, 0.2) is 11.5 Å². The van der Waals surface area contributed by atoms with E-state index in [0.717, 1.165) is 16.3 Å². The van der Waals surface area contributed by atoms with Crippen molar-refractivity contribution < 1.29 is 32.2 Å². The van der Waals surface area contributed by atoms with Gasteiger partial charge in [-0.3, -0.25) is 13.9 Å². The highest BCUT2D eigenvalue weighted by Gasteiger charge is 2.33. The Morgan fingerprint density at radius 3 is 2.36 bits per heavy atom. The molecule has 10 nitrogen and oxygen atoms in total. The molecule has 11 heteroatoms. The van der Waals surface area contributed by atoms with Crippen molar-refractivity contribution in [3.8, 4) is 17.2 Å². The Balaban J connectivity index is 1.73. The minimum absolute atomic E-state index is 0.0228. The van der Waals surface area contributed by atoms with Gasteiger partial charge in [0.25, 0.3) is 10.0 Å².